The highest BCUT2D eigenvalue weighted by Crippen LogP contribution is 2.30. The van der Waals surface area contributed by atoms with Crippen LogP contribution < -0.4 is 14.9 Å². The van der Waals surface area contributed by atoms with E-state index in [4.69, 9.17) is 4.74 Å². The second-order valence-corrected chi connectivity index (χ2v) is 11.3. The van der Waals surface area contributed by atoms with Crippen LogP contribution in [-0.4, -0.2) is 79.9 Å². The Balaban J connectivity index is 1.61. The lowest BCUT2D eigenvalue weighted by molar-refractivity contribution is -0.147. The summed E-state index contributed by atoms with van der Waals surface area (Å²) in [5, 5.41) is 13.6. The minimum Gasteiger partial charge on any atom is -0.450 e. The van der Waals surface area contributed by atoms with Crippen LogP contribution in [0.25, 0.3) is 10.8 Å². The van der Waals surface area contributed by atoms with Gasteiger partial charge in [0.05, 0.1) is 4.90 Å². The maximum atomic E-state index is 13.8. The number of fused-ring (bicyclic) bond motifs is 1. The first-order valence-electron chi connectivity index (χ1n) is 12.8. The zero-order chi connectivity index (χ0) is 28.0. The van der Waals surface area contributed by atoms with Gasteiger partial charge in [0.25, 0.3) is 0 Å². The number of likely N-dealkylation sites (tertiary alicyclic amines) is 1. The Hall–Kier alpha value is -3.84. The molecule has 0 radical (unpaired) electrons. The highest BCUT2D eigenvalue weighted by atomic mass is 32.2. The van der Waals surface area contributed by atoms with E-state index in [1.807, 2.05) is 31.1 Å². The number of carbonyl (C=O) groups excluding carboxylic acids is 1. The average Bonchev–Trinajstić information content (AvgIpc) is 3.43. The van der Waals surface area contributed by atoms with Crippen LogP contribution in [0.2, 0.25) is 0 Å². The van der Waals surface area contributed by atoms with Gasteiger partial charge in [-0.05, 0) is 37.8 Å². The molecule has 4 rings (SSSR count). The topological polar surface area (TPSA) is 157 Å². The SMILES string of the molecule is CN(C)c1cccc2c(S(=O)(=O)N[C@@H](CCCNc3ncc[nH]3)C(=O)N3CCCC[C@H]3OC(=O)O)cccc12. The van der Waals surface area contributed by atoms with Crippen molar-refractivity contribution in [3.63, 3.8) is 0 Å². The van der Waals surface area contributed by atoms with Crippen LogP contribution >= 0.6 is 0 Å². The predicted molar refractivity (Wildman–Crippen MR) is 147 cm³/mol. The number of sulfonamides is 1. The number of amides is 1. The van der Waals surface area contributed by atoms with E-state index in [-0.39, 0.29) is 17.9 Å². The Morgan fingerprint density at radius 1 is 1.21 bits per heavy atom. The fourth-order valence-electron chi connectivity index (χ4n) is 4.84. The van der Waals surface area contributed by atoms with Crippen molar-refractivity contribution in [1.29, 1.82) is 0 Å². The van der Waals surface area contributed by atoms with Gasteiger partial charge in [-0.25, -0.2) is 18.2 Å². The zero-order valence-electron chi connectivity index (χ0n) is 22.0. The van der Waals surface area contributed by atoms with Gasteiger partial charge >= 0.3 is 6.16 Å². The van der Waals surface area contributed by atoms with Gasteiger partial charge in [0.1, 0.15) is 6.04 Å². The lowest BCUT2D eigenvalue weighted by atomic mass is 10.1. The summed E-state index contributed by atoms with van der Waals surface area (Å²) in [6, 6.07) is 9.36. The Morgan fingerprint density at radius 3 is 2.69 bits per heavy atom. The fraction of sp³-hybridized carbons (Fsp3) is 0.423. The summed E-state index contributed by atoms with van der Waals surface area (Å²) in [6.45, 7) is 0.717. The van der Waals surface area contributed by atoms with Crippen molar-refractivity contribution in [2.45, 2.75) is 49.3 Å². The van der Waals surface area contributed by atoms with Crippen molar-refractivity contribution in [3.05, 3.63) is 48.8 Å². The zero-order valence-corrected chi connectivity index (χ0v) is 22.8. The molecule has 1 amide bonds. The van der Waals surface area contributed by atoms with Crippen molar-refractivity contribution in [3.8, 4) is 0 Å². The summed E-state index contributed by atoms with van der Waals surface area (Å²) in [7, 11) is -0.380. The van der Waals surface area contributed by atoms with Crippen molar-refractivity contribution in [2.75, 3.05) is 37.4 Å². The average molecular weight is 559 g/mol. The van der Waals surface area contributed by atoms with Crippen molar-refractivity contribution < 1.29 is 27.9 Å². The van der Waals surface area contributed by atoms with E-state index in [1.54, 1.807) is 30.6 Å². The summed E-state index contributed by atoms with van der Waals surface area (Å²) in [6.07, 6.45) is 3.18. The molecule has 2 atom stereocenters. The number of nitrogens with zero attached hydrogens (tertiary/aromatic N) is 3. The maximum absolute atomic E-state index is 13.8. The van der Waals surface area contributed by atoms with Crippen molar-refractivity contribution in [2.24, 2.45) is 0 Å². The number of carbonyl (C=O) groups is 2. The van der Waals surface area contributed by atoms with Gasteiger partial charge in [-0.3, -0.25) is 4.79 Å². The predicted octanol–water partition coefficient (Wildman–Crippen LogP) is 3.20. The van der Waals surface area contributed by atoms with Gasteiger partial charge in [0, 0.05) is 62.5 Å². The Kier molecular flexibility index (Phi) is 8.92. The quantitative estimate of drug-likeness (QED) is 0.205. The number of aromatic nitrogens is 2. The van der Waals surface area contributed by atoms with E-state index in [2.05, 4.69) is 20.0 Å². The highest BCUT2D eigenvalue weighted by Gasteiger charge is 2.36. The molecule has 0 unspecified atom stereocenters. The lowest BCUT2D eigenvalue weighted by Gasteiger charge is -2.36. The molecule has 39 heavy (non-hydrogen) atoms. The second kappa shape index (κ2) is 12.3. The van der Waals surface area contributed by atoms with Crippen LogP contribution in [0, 0.1) is 0 Å². The number of anilines is 2. The monoisotopic (exact) mass is 558 g/mol. The molecule has 0 aliphatic carbocycles. The third-order valence-electron chi connectivity index (χ3n) is 6.65. The molecule has 2 heterocycles. The normalized spacial score (nSPS) is 16.6. The summed E-state index contributed by atoms with van der Waals surface area (Å²) >= 11 is 0. The number of piperidine rings is 1. The molecular weight excluding hydrogens is 524 g/mol. The van der Waals surface area contributed by atoms with Crippen LogP contribution in [0.4, 0.5) is 16.4 Å². The second-order valence-electron chi connectivity index (χ2n) is 9.57. The van der Waals surface area contributed by atoms with Crippen molar-refractivity contribution >= 4 is 44.5 Å². The van der Waals surface area contributed by atoms with Gasteiger partial charge in [0.2, 0.25) is 15.9 Å². The summed E-state index contributed by atoms with van der Waals surface area (Å²) < 4.78 is 35.1. The van der Waals surface area contributed by atoms with E-state index in [0.717, 1.165) is 11.1 Å². The summed E-state index contributed by atoms with van der Waals surface area (Å²) in [5.74, 6) is 0.0496. The third kappa shape index (κ3) is 6.79. The van der Waals surface area contributed by atoms with Crippen LogP contribution in [0.5, 0.6) is 0 Å². The van der Waals surface area contributed by atoms with Gasteiger partial charge in [0.15, 0.2) is 12.2 Å². The number of H-pyrrole nitrogens is 1. The number of aromatic amines is 1. The van der Waals surface area contributed by atoms with E-state index >= 15 is 0 Å². The van der Waals surface area contributed by atoms with E-state index in [9.17, 15) is 23.1 Å². The number of hydrogen-bond donors (Lipinski definition) is 4. The maximum Gasteiger partial charge on any atom is 0.507 e. The van der Waals surface area contributed by atoms with Gasteiger partial charge in [-0.2, -0.15) is 4.72 Å². The van der Waals surface area contributed by atoms with E-state index < -0.39 is 34.4 Å². The first-order chi connectivity index (χ1) is 18.7. The van der Waals surface area contributed by atoms with Gasteiger partial charge in [-0.1, -0.05) is 24.3 Å². The minimum atomic E-state index is -4.15. The smallest absolute Gasteiger partial charge is 0.450 e. The molecular formula is C26H34N6O6S. The number of ether oxygens (including phenoxy) is 1. The number of carboxylic acid groups (broad SMARTS) is 1. The number of rotatable bonds is 11. The summed E-state index contributed by atoms with van der Waals surface area (Å²) in [5.41, 5.74) is 0.864. The van der Waals surface area contributed by atoms with Gasteiger partial charge < -0.3 is 29.9 Å². The van der Waals surface area contributed by atoms with Crippen LogP contribution in [-0.2, 0) is 19.6 Å². The molecule has 3 aromatic rings. The molecule has 1 aromatic heterocycles. The largest absolute Gasteiger partial charge is 0.507 e. The van der Waals surface area contributed by atoms with E-state index in [1.165, 1.54) is 11.0 Å². The Labute approximate surface area is 227 Å². The molecule has 1 saturated heterocycles. The molecule has 13 heteroatoms. The third-order valence-corrected chi connectivity index (χ3v) is 8.18. The lowest BCUT2D eigenvalue weighted by Crippen LogP contribution is -2.54. The molecule has 1 aliphatic heterocycles. The van der Waals surface area contributed by atoms with Crippen LogP contribution in [0.3, 0.4) is 0 Å². The molecule has 1 fully saturated rings. The molecule has 1 aliphatic rings. The Bertz CT molecular complexity index is 1400. The molecule has 4 N–H and O–H groups in total. The summed E-state index contributed by atoms with van der Waals surface area (Å²) in [4.78, 5) is 35.3. The van der Waals surface area contributed by atoms with Crippen LogP contribution in [0.1, 0.15) is 32.1 Å². The molecule has 0 spiro atoms. The van der Waals surface area contributed by atoms with Crippen molar-refractivity contribution in [1.82, 2.24) is 19.6 Å². The number of imidazole rings is 1. The standard InChI is InChI=1S/C26H34N6O6S/c1-31(2)21-11-5-9-19-18(21)8-6-12-22(19)39(36,37)30-20(10-7-14-27-25-28-15-16-29-25)24(33)32-17-4-3-13-23(32)38-26(34)35/h5-6,8-9,11-12,15-16,20,23,30H,3-4,7,10,13-14,17H2,1-2H3,(H,34,35)(H2,27,28,29)/t20-,23+/m0/s1. The van der Waals surface area contributed by atoms with Gasteiger partial charge in [-0.15, -0.1) is 0 Å². The minimum absolute atomic E-state index is 0.0622. The number of nitrogens with one attached hydrogen (secondary N) is 3. The first-order valence-corrected chi connectivity index (χ1v) is 14.3. The number of benzene rings is 2. The molecule has 0 saturated carbocycles. The molecule has 0 bridgehead atoms. The molecule has 12 nitrogen and oxygen atoms in total. The fourth-order valence-corrected chi connectivity index (χ4v) is 6.28. The molecule has 2 aromatic carbocycles. The Morgan fingerprint density at radius 2 is 1.97 bits per heavy atom. The number of hydrogen-bond acceptors (Lipinski definition) is 8. The van der Waals surface area contributed by atoms with E-state index in [0.29, 0.717) is 43.6 Å². The van der Waals surface area contributed by atoms with Crippen LogP contribution in [0.15, 0.2) is 53.7 Å². The molecule has 210 valence electrons. The highest BCUT2D eigenvalue weighted by molar-refractivity contribution is 7.89. The first kappa shape index (κ1) is 28.2.